The van der Waals surface area contributed by atoms with Crippen molar-refractivity contribution in [3.8, 4) is 22.6 Å². The van der Waals surface area contributed by atoms with Crippen LogP contribution in [0.5, 0.6) is 11.5 Å². The monoisotopic (exact) mass is 616 g/mol. The molecule has 3 heterocycles. The third kappa shape index (κ3) is 7.31. The number of nitrogens with one attached hydrogen (secondary N) is 1. The molecule has 0 aliphatic carbocycles. The molecule has 0 saturated carbocycles. The van der Waals surface area contributed by atoms with Gasteiger partial charge >= 0.3 is 12.1 Å². The number of hydrogen-bond acceptors (Lipinski definition) is 9. The molecule has 1 amide bonds. The van der Waals surface area contributed by atoms with Crippen molar-refractivity contribution in [2.45, 2.75) is 44.5 Å². The van der Waals surface area contributed by atoms with E-state index in [0.717, 1.165) is 21.6 Å². The number of nitrogens with zero attached hydrogens (tertiary/aromatic N) is 7. The SMILES string of the molecule is COc1cc(C2CCN(C(=O)C(F)(F)F)CC2)ccc1Nc1ncc(-c2ccc(Cl)c(OC(C)Cn3cnnn3)c2)cn1. The van der Waals surface area contributed by atoms with Gasteiger partial charge in [0.1, 0.15) is 23.9 Å². The highest BCUT2D eigenvalue weighted by molar-refractivity contribution is 6.32. The molecule has 4 aromatic rings. The highest BCUT2D eigenvalue weighted by Gasteiger charge is 2.43. The van der Waals surface area contributed by atoms with Gasteiger partial charge in [-0.15, -0.1) is 5.10 Å². The predicted octanol–water partition coefficient (Wildman–Crippen LogP) is 5.27. The van der Waals surface area contributed by atoms with E-state index in [1.165, 1.54) is 13.4 Å². The third-order valence-corrected chi connectivity index (χ3v) is 7.36. The summed E-state index contributed by atoms with van der Waals surface area (Å²) in [6.07, 6.45) is 0.607. The first-order chi connectivity index (χ1) is 20.6. The summed E-state index contributed by atoms with van der Waals surface area (Å²) >= 11 is 6.37. The molecule has 1 atom stereocenters. The molecule has 11 nitrogen and oxygen atoms in total. The lowest BCUT2D eigenvalue weighted by Gasteiger charge is -2.32. The van der Waals surface area contributed by atoms with Crippen molar-refractivity contribution < 1.29 is 27.4 Å². The van der Waals surface area contributed by atoms with Crippen molar-refractivity contribution >= 4 is 29.1 Å². The van der Waals surface area contributed by atoms with Crippen LogP contribution in [0.2, 0.25) is 5.02 Å². The van der Waals surface area contributed by atoms with Crippen molar-refractivity contribution in [2.75, 3.05) is 25.5 Å². The van der Waals surface area contributed by atoms with Gasteiger partial charge < -0.3 is 19.7 Å². The summed E-state index contributed by atoms with van der Waals surface area (Å²) in [5, 5.41) is 14.7. The van der Waals surface area contributed by atoms with Crippen molar-refractivity contribution in [3.05, 3.63) is 65.7 Å². The van der Waals surface area contributed by atoms with Gasteiger partial charge in [0.15, 0.2) is 0 Å². The van der Waals surface area contributed by atoms with E-state index in [2.05, 4.69) is 30.8 Å². The van der Waals surface area contributed by atoms with E-state index in [4.69, 9.17) is 21.1 Å². The Morgan fingerprint density at radius 1 is 1.09 bits per heavy atom. The number of rotatable bonds is 9. The van der Waals surface area contributed by atoms with Crippen LogP contribution in [-0.4, -0.2) is 73.5 Å². The number of carbonyl (C=O) groups excluding carboxylic acids is 1. The van der Waals surface area contributed by atoms with Gasteiger partial charge in [-0.25, -0.2) is 14.6 Å². The van der Waals surface area contributed by atoms with E-state index in [-0.39, 0.29) is 25.1 Å². The van der Waals surface area contributed by atoms with Crippen molar-refractivity contribution in [1.82, 2.24) is 35.1 Å². The van der Waals surface area contributed by atoms with Crippen LogP contribution >= 0.6 is 11.6 Å². The van der Waals surface area contributed by atoms with Gasteiger partial charge in [0.05, 0.1) is 24.4 Å². The van der Waals surface area contributed by atoms with Gasteiger partial charge in [0.25, 0.3) is 0 Å². The number of hydrogen-bond donors (Lipinski definition) is 1. The quantitative estimate of drug-likeness (QED) is 0.268. The molecule has 1 saturated heterocycles. The lowest BCUT2D eigenvalue weighted by molar-refractivity contribution is -0.186. The van der Waals surface area contributed by atoms with E-state index >= 15 is 0 Å². The predicted molar refractivity (Wildman–Crippen MR) is 151 cm³/mol. The second-order valence-electron chi connectivity index (χ2n) is 10.0. The van der Waals surface area contributed by atoms with E-state index in [1.807, 2.05) is 37.3 Å². The smallest absolute Gasteiger partial charge is 0.471 e. The fraction of sp³-hybridized carbons (Fsp3) is 0.357. The molecule has 0 spiro atoms. The minimum absolute atomic E-state index is 0.00609. The number of halogens is 4. The van der Waals surface area contributed by atoms with Crippen LogP contribution in [0.15, 0.2) is 55.1 Å². The molecule has 1 fully saturated rings. The third-order valence-electron chi connectivity index (χ3n) is 7.05. The van der Waals surface area contributed by atoms with Crippen LogP contribution < -0.4 is 14.8 Å². The standard InChI is InChI=1S/C28H28ClF3N8O3/c1-17(15-40-16-35-37-38-40)43-24-11-20(3-5-22(24)29)21-13-33-27(34-14-21)36-23-6-4-19(12-25(23)42-2)18-7-9-39(10-8-18)26(41)28(30,31)32/h3-6,11-14,16-18H,7-10,15H2,1-2H3,(H,33,34,36). The van der Waals surface area contributed by atoms with Gasteiger partial charge in [-0.05, 0) is 71.5 Å². The number of piperidine rings is 1. The van der Waals surface area contributed by atoms with Crippen LogP contribution in [0.4, 0.5) is 24.8 Å². The number of likely N-dealkylation sites (tertiary alicyclic amines) is 1. The maximum atomic E-state index is 12.8. The van der Waals surface area contributed by atoms with Crippen LogP contribution in [-0.2, 0) is 11.3 Å². The van der Waals surface area contributed by atoms with Crippen LogP contribution in [0.25, 0.3) is 11.1 Å². The van der Waals surface area contributed by atoms with Gasteiger partial charge in [-0.2, -0.15) is 13.2 Å². The van der Waals surface area contributed by atoms with Crippen LogP contribution in [0, 0.1) is 0 Å². The normalized spacial score (nSPS) is 14.8. The second-order valence-corrected chi connectivity index (χ2v) is 10.5. The number of carbonyl (C=O) groups is 1. The minimum Gasteiger partial charge on any atom is -0.495 e. The Hall–Kier alpha value is -4.46. The number of aromatic nitrogens is 6. The molecule has 0 radical (unpaired) electrons. The summed E-state index contributed by atoms with van der Waals surface area (Å²) in [6.45, 7) is 2.43. The zero-order chi connectivity index (χ0) is 30.6. The molecule has 226 valence electrons. The molecular weight excluding hydrogens is 589 g/mol. The molecule has 2 aromatic heterocycles. The first kappa shape index (κ1) is 30.0. The molecule has 43 heavy (non-hydrogen) atoms. The number of ether oxygens (including phenoxy) is 2. The molecule has 1 aliphatic rings. The highest BCUT2D eigenvalue weighted by atomic mass is 35.5. The van der Waals surface area contributed by atoms with Crippen LogP contribution in [0.1, 0.15) is 31.2 Å². The Balaban J connectivity index is 1.23. The number of benzene rings is 2. The van der Waals surface area contributed by atoms with Crippen molar-refractivity contribution in [2.24, 2.45) is 0 Å². The van der Waals surface area contributed by atoms with E-state index in [9.17, 15) is 18.0 Å². The van der Waals surface area contributed by atoms with Gasteiger partial charge in [0, 0.05) is 31.0 Å². The van der Waals surface area contributed by atoms with Crippen LogP contribution in [0.3, 0.4) is 0 Å². The number of alkyl halides is 3. The minimum atomic E-state index is -4.85. The topological polar surface area (TPSA) is 120 Å². The Bertz CT molecular complexity index is 1550. The lowest BCUT2D eigenvalue weighted by Crippen LogP contribution is -2.45. The number of amides is 1. The fourth-order valence-electron chi connectivity index (χ4n) is 4.88. The Morgan fingerprint density at radius 2 is 1.84 bits per heavy atom. The maximum Gasteiger partial charge on any atom is 0.471 e. The van der Waals surface area contributed by atoms with E-state index in [1.54, 1.807) is 23.1 Å². The maximum absolute atomic E-state index is 12.8. The molecule has 1 N–H and O–H groups in total. The summed E-state index contributed by atoms with van der Waals surface area (Å²) in [5.41, 5.74) is 3.11. The molecular formula is C28H28ClF3N8O3. The molecule has 1 unspecified atom stereocenters. The Kier molecular flexibility index (Phi) is 8.94. The van der Waals surface area contributed by atoms with Crippen molar-refractivity contribution in [1.29, 1.82) is 0 Å². The molecule has 15 heteroatoms. The first-order valence-corrected chi connectivity index (χ1v) is 13.8. The second kappa shape index (κ2) is 12.8. The zero-order valence-corrected chi connectivity index (χ0v) is 24.0. The summed E-state index contributed by atoms with van der Waals surface area (Å²) in [4.78, 5) is 21.3. The number of methoxy groups -OCH3 is 1. The Labute approximate surface area is 250 Å². The zero-order valence-electron chi connectivity index (χ0n) is 23.3. The molecule has 2 aromatic carbocycles. The fourth-order valence-corrected chi connectivity index (χ4v) is 5.04. The summed E-state index contributed by atoms with van der Waals surface area (Å²) in [5.74, 6) is -0.398. The number of anilines is 2. The molecule has 1 aliphatic heterocycles. The first-order valence-electron chi connectivity index (χ1n) is 13.4. The van der Waals surface area contributed by atoms with Gasteiger partial charge in [-0.3, -0.25) is 4.79 Å². The highest BCUT2D eigenvalue weighted by Crippen LogP contribution is 2.36. The van der Waals surface area contributed by atoms with Gasteiger partial charge in [0.2, 0.25) is 5.95 Å². The summed E-state index contributed by atoms with van der Waals surface area (Å²) in [7, 11) is 1.53. The lowest BCUT2D eigenvalue weighted by atomic mass is 9.89. The summed E-state index contributed by atoms with van der Waals surface area (Å²) in [6, 6.07) is 11.0. The van der Waals surface area contributed by atoms with Crippen molar-refractivity contribution in [3.63, 3.8) is 0 Å². The average Bonchev–Trinajstić information content (AvgIpc) is 3.51. The number of tetrazole rings is 1. The molecule has 0 bridgehead atoms. The average molecular weight is 617 g/mol. The Morgan fingerprint density at radius 3 is 2.49 bits per heavy atom. The van der Waals surface area contributed by atoms with E-state index in [0.29, 0.717) is 47.5 Å². The van der Waals surface area contributed by atoms with E-state index < -0.39 is 12.1 Å². The van der Waals surface area contributed by atoms with Gasteiger partial charge in [-0.1, -0.05) is 23.7 Å². The largest absolute Gasteiger partial charge is 0.495 e. The molecule has 5 rings (SSSR count). The summed E-state index contributed by atoms with van der Waals surface area (Å²) < 4.78 is 51.5.